The summed E-state index contributed by atoms with van der Waals surface area (Å²) in [4.78, 5) is 39.6. The van der Waals surface area contributed by atoms with Crippen molar-refractivity contribution in [3.8, 4) is 17.1 Å². The first-order valence-electron chi connectivity index (χ1n) is 13.8. The maximum Gasteiger partial charge on any atom is 0.328 e. The summed E-state index contributed by atoms with van der Waals surface area (Å²) in [7, 11) is 0. The number of carbonyl (C=O) groups is 2. The maximum atomic E-state index is 13.1. The van der Waals surface area contributed by atoms with Gasteiger partial charge in [-0.3, -0.25) is 9.36 Å². The van der Waals surface area contributed by atoms with Gasteiger partial charge in [0.1, 0.15) is 22.5 Å². The van der Waals surface area contributed by atoms with E-state index in [4.69, 9.17) is 21.3 Å². The lowest BCUT2D eigenvalue weighted by Crippen LogP contribution is -2.53. The monoisotopic (exact) mass is 633 g/mol. The Balaban J connectivity index is 1.30. The van der Waals surface area contributed by atoms with Crippen LogP contribution >= 0.6 is 27.5 Å². The third-order valence-corrected chi connectivity index (χ3v) is 8.95. The van der Waals surface area contributed by atoms with Gasteiger partial charge in [0.05, 0.1) is 16.5 Å². The van der Waals surface area contributed by atoms with E-state index in [1.807, 2.05) is 47.0 Å². The number of carbonyl (C=O) groups excluding carboxylic acids is 2. The molecule has 1 fully saturated rings. The van der Waals surface area contributed by atoms with Gasteiger partial charge in [-0.2, -0.15) is 0 Å². The summed E-state index contributed by atoms with van der Waals surface area (Å²) in [5, 5.41) is 3.83. The number of nitrogens with zero attached hydrogens (tertiary/aromatic N) is 4. The summed E-state index contributed by atoms with van der Waals surface area (Å²) in [6.07, 6.45) is 8.61. The molecular formula is C31H29BrClN5O3. The molecule has 4 aromatic rings. The van der Waals surface area contributed by atoms with Crippen LogP contribution in [0.25, 0.3) is 28.2 Å². The molecule has 1 spiro atoms. The molecule has 0 amide bonds. The van der Waals surface area contributed by atoms with Crippen LogP contribution in [-0.4, -0.2) is 43.9 Å². The first kappa shape index (κ1) is 27.6. The Kier molecular flexibility index (Phi) is 7.66. The van der Waals surface area contributed by atoms with E-state index < -0.39 is 11.5 Å². The average Bonchev–Trinajstić information content (AvgIpc) is 3.39. The SMILES string of the molecule is CCOC(=O)[C@H](Cc1ccc(-n2c(-c3ccc(Cl)nc3)nc3cccnc32)cc1)NC1=C(Br)C(=O)C12CCCCC2. The number of halogens is 2. The molecule has 0 radical (unpaired) electrons. The molecule has 0 saturated heterocycles. The number of esters is 1. The van der Waals surface area contributed by atoms with Crippen molar-refractivity contribution in [1.82, 2.24) is 24.8 Å². The molecule has 2 aliphatic carbocycles. The van der Waals surface area contributed by atoms with Gasteiger partial charge >= 0.3 is 5.97 Å². The molecule has 41 heavy (non-hydrogen) atoms. The number of ether oxygens (including phenoxy) is 1. The van der Waals surface area contributed by atoms with E-state index in [0.717, 1.165) is 65.8 Å². The number of hydrogen-bond acceptors (Lipinski definition) is 7. The first-order valence-corrected chi connectivity index (χ1v) is 15.0. The van der Waals surface area contributed by atoms with Crippen molar-refractivity contribution in [1.29, 1.82) is 0 Å². The van der Waals surface area contributed by atoms with Crippen LogP contribution in [0, 0.1) is 5.41 Å². The molecular weight excluding hydrogens is 606 g/mol. The van der Waals surface area contributed by atoms with Crippen LogP contribution in [0.4, 0.5) is 0 Å². The second-order valence-corrected chi connectivity index (χ2v) is 11.6. The number of nitrogens with one attached hydrogen (secondary N) is 1. The Morgan fingerprint density at radius 3 is 2.61 bits per heavy atom. The Morgan fingerprint density at radius 1 is 1.12 bits per heavy atom. The van der Waals surface area contributed by atoms with Gasteiger partial charge in [-0.05, 0) is 77.7 Å². The zero-order valence-corrected chi connectivity index (χ0v) is 24.9. The Morgan fingerprint density at radius 2 is 1.90 bits per heavy atom. The predicted molar refractivity (Wildman–Crippen MR) is 161 cm³/mol. The summed E-state index contributed by atoms with van der Waals surface area (Å²) in [5.74, 6) is 0.502. The Bertz CT molecular complexity index is 1640. The number of allylic oxidation sites excluding steroid dienone is 2. The molecule has 8 nitrogen and oxygen atoms in total. The highest BCUT2D eigenvalue weighted by Gasteiger charge is 2.53. The molecule has 10 heteroatoms. The number of imidazole rings is 1. The van der Waals surface area contributed by atoms with Crippen molar-refractivity contribution in [2.45, 2.75) is 51.5 Å². The standard InChI is InChI=1S/C31H29BrClN5O3/c1-2-41-30(40)23(36-26-25(32)27(39)31(26)14-4-3-5-15-31)17-19-8-11-21(12-9-19)38-28(20-10-13-24(33)35-18-20)37-22-7-6-16-34-29(22)38/h6-13,16,18,23,36H,2-5,14-15,17H2,1H3/t23-/m0/s1. The van der Waals surface area contributed by atoms with E-state index in [2.05, 4.69) is 31.2 Å². The molecule has 0 unspecified atom stereocenters. The van der Waals surface area contributed by atoms with Crippen LogP contribution in [-0.2, 0) is 20.7 Å². The summed E-state index contributed by atoms with van der Waals surface area (Å²) >= 11 is 9.50. The van der Waals surface area contributed by atoms with Gasteiger partial charge in [0.15, 0.2) is 11.4 Å². The van der Waals surface area contributed by atoms with E-state index >= 15 is 0 Å². The van der Waals surface area contributed by atoms with Gasteiger partial charge in [-0.1, -0.05) is 43.0 Å². The molecule has 1 N–H and O–H groups in total. The van der Waals surface area contributed by atoms with E-state index in [1.165, 1.54) is 0 Å². The number of fused-ring (bicyclic) bond motifs is 1. The highest BCUT2D eigenvalue weighted by Crippen LogP contribution is 2.53. The number of benzene rings is 1. The molecule has 3 heterocycles. The largest absolute Gasteiger partial charge is 0.464 e. The summed E-state index contributed by atoms with van der Waals surface area (Å²) in [5.41, 5.74) is 4.46. The third kappa shape index (κ3) is 5.06. The molecule has 1 atom stereocenters. The fourth-order valence-corrected chi connectivity index (χ4v) is 6.89. The summed E-state index contributed by atoms with van der Waals surface area (Å²) < 4.78 is 7.96. The van der Waals surface area contributed by atoms with Gasteiger partial charge in [-0.25, -0.2) is 19.7 Å². The maximum absolute atomic E-state index is 13.1. The number of aromatic nitrogens is 4. The number of hydrogen-bond donors (Lipinski definition) is 1. The number of rotatable bonds is 8. The predicted octanol–water partition coefficient (Wildman–Crippen LogP) is 6.34. The van der Waals surface area contributed by atoms with Gasteiger partial charge < -0.3 is 10.1 Å². The molecule has 0 bridgehead atoms. The van der Waals surface area contributed by atoms with Crippen molar-refractivity contribution >= 4 is 50.4 Å². The number of pyridine rings is 2. The molecule has 1 aromatic carbocycles. The molecule has 3 aromatic heterocycles. The fourth-order valence-electron chi connectivity index (χ4n) is 5.90. The Labute approximate surface area is 251 Å². The average molecular weight is 635 g/mol. The second-order valence-electron chi connectivity index (χ2n) is 10.5. The molecule has 2 aliphatic rings. The molecule has 210 valence electrons. The van der Waals surface area contributed by atoms with E-state index in [1.54, 1.807) is 25.4 Å². The number of ketones is 1. The van der Waals surface area contributed by atoms with Gasteiger partial charge in [-0.15, -0.1) is 0 Å². The lowest BCUT2D eigenvalue weighted by molar-refractivity contribution is -0.146. The van der Waals surface area contributed by atoms with Gasteiger partial charge in [0.2, 0.25) is 0 Å². The zero-order valence-electron chi connectivity index (χ0n) is 22.6. The summed E-state index contributed by atoms with van der Waals surface area (Å²) in [6, 6.07) is 14.7. The lowest BCUT2D eigenvalue weighted by atomic mass is 9.62. The van der Waals surface area contributed by atoms with E-state index in [0.29, 0.717) is 21.9 Å². The van der Waals surface area contributed by atoms with E-state index in [-0.39, 0.29) is 18.4 Å². The summed E-state index contributed by atoms with van der Waals surface area (Å²) in [6.45, 7) is 2.08. The van der Waals surface area contributed by atoms with Crippen molar-refractivity contribution < 1.29 is 14.3 Å². The van der Waals surface area contributed by atoms with Crippen molar-refractivity contribution in [2.24, 2.45) is 5.41 Å². The smallest absolute Gasteiger partial charge is 0.328 e. The number of Topliss-reactive ketones (excluding diaryl/α,β-unsaturated/α-hetero) is 1. The van der Waals surface area contributed by atoms with Crippen LogP contribution in [0.2, 0.25) is 5.15 Å². The topological polar surface area (TPSA) is 99.0 Å². The van der Waals surface area contributed by atoms with Gasteiger partial charge in [0.25, 0.3) is 0 Å². The molecule has 6 rings (SSSR count). The lowest BCUT2D eigenvalue weighted by Gasteiger charge is -2.46. The minimum atomic E-state index is -0.623. The normalized spacial score (nSPS) is 17.0. The molecule has 0 aliphatic heterocycles. The van der Waals surface area contributed by atoms with Gasteiger partial charge in [0, 0.05) is 35.8 Å². The quantitative estimate of drug-likeness (QED) is 0.178. The Hall–Kier alpha value is -3.56. The van der Waals surface area contributed by atoms with Crippen LogP contribution in [0.3, 0.4) is 0 Å². The van der Waals surface area contributed by atoms with Crippen molar-refractivity contribution in [2.75, 3.05) is 6.61 Å². The minimum absolute atomic E-state index is 0.138. The van der Waals surface area contributed by atoms with Crippen LogP contribution in [0.5, 0.6) is 0 Å². The van der Waals surface area contributed by atoms with Crippen LogP contribution in [0.15, 0.2) is 71.1 Å². The van der Waals surface area contributed by atoms with Crippen molar-refractivity contribution in [3.63, 3.8) is 0 Å². The zero-order chi connectivity index (χ0) is 28.6. The highest BCUT2D eigenvalue weighted by molar-refractivity contribution is 9.12. The highest BCUT2D eigenvalue weighted by atomic mass is 79.9. The van der Waals surface area contributed by atoms with Crippen molar-refractivity contribution in [3.05, 3.63) is 81.8 Å². The third-order valence-electron chi connectivity index (χ3n) is 7.96. The fraction of sp³-hybridized carbons (Fsp3) is 0.323. The van der Waals surface area contributed by atoms with Crippen LogP contribution in [0.1, 0.15) is 44.6 Å². The molecule has 1 saturated carbocycles. The minimum Gasteiger partial charge on any atom is -0.464 e. The first-order chi connectivity index (χ1) is 19.9. The van der Waals surface area contributed by atoms with Crippen LogP contribution < -0.4 is 5.32 Å². The van der Waals surface area contributed by atoms with E-state index in [9.17, 15) is 9.59 Å². The second kappa shape index (κ2) is 11.4.